The van der Waals surface area contributed by atoms with Crippen LogP contribution in [0.25, 0.3) is 0 Å². The number of aryl methyl sites for hydroxylation is 1. The van der Waals surface area contributed by atoms with E-state index in [2.05, 4.69) is 24.4 Å². The SMILES string of the molecule is CCc1ccc2c(c1)NCC(CC(=O)C1CC1)O2. The monoisotopic (exact) mass is 245 g/mol. The van der Waals surface area contributed by atoms with Crippen LogP contribution in [0.2, 0.25) is 0 Å². The van der Waals surface area contributed by atoms with Crippen LogP contribution in [0.3, 0.4) is 0 Å². The van der Waals surface area contributed by atoms with Crippen molar-refractivity contribution in [1.82, 2.24) is 0 Å². The third-order valence-electron chi connectivity index (χ3n) is 3.73. The van der Waals surface area contributed by atoms with Crippen molar-refractivity contribution in [2.24, 2.45) is 5.92 Å². The van der Waals surface area contributed by atoms with Gasteiger partial charge in [0.2, 0.25) is 0 Å². The van der Waals surface area contributed by atoms with E-state index in [9.17, 15) is 4.79 Å². The van der Waals surface area contributed by atoms with E-state index in [1.54, 1.807) is 0 Å². The summed E-state index contributed by atoms with van der Waals surface area (Å²) in [4.78, 5) is 11.8. The molecule has 0 saturated heterocycles. The van der Waals surface area contributed by atoms with Crippen LogP contribution in [0.1, 0.15) is 31.7 Å². The molecule has 1 atom stereocenters. The average molecular weight is 245 g/mol. The van der Waals surface area contributed by atoms with Gasteiger partial charge in [0, 0.05) is 12.3 Å². The summed E-state index contributed by atoms with van der Waals surface area (Å²) < 4.78 is 5.90. The zero-order valence-corrected chi connectivity index (χ0v) is 10.7. The summed E-state index contributed by atoms with van der Waals surface area (Å²) in [5, 5.41) is 3.37. The van der Waals surface area contributed by atoms with Gasteiger partial charge in [-0.25, -0.2) is 0 Å². The van der Waals surface area contributed by atoms with Gasteiger partial charge in [0.25, 0.3) is 0 Å². The number of benzene rings is 1. The highest BCUT2D eigenvalue weighted by Crippen LogP contribution is 2.34. The molecule has 1 aliphatic heterocycles. The van der Waals surface area contributed by atoms with Crippen LogP contribution in [0, 0.1) is 5.92 Å². The molecule has 1 saturated carbocycles. The first kappa shape index (κ1) is 11.6. The summed E-state index contributed by atoms with van der Waals surface area (Å²) >= 11 is 0. The molecule has 2 aliphatic rings. The fourth-order valence-electron chi connectivity index (χ4n) is 2.39. The number of carbonyl (C=O) groups excluding carboxylic acids is 1. The molecule has 1 fully saturated rings. The molecular formula is C15H19NO2. The molecule has 3 rings (SSSR count). The minimum atomic E-state index is -0.00178. The Balaban J connectivity index is 1.67. The smallest absolute Gasteiger partial charge is 0.142 e. The van der Waals surface area contributed by atoms with Gasteiger partial charge in [-0.05, 0) is 37.0 Å². The van der Waals surface area contributed by atoms with Crippen LogP contribution in [-0.4, -0.2) is 18.4 Å². The van der Waals surface area contributed by atoms with E-state index in [-0.39, 0.29) is 6.10 Å². The Labute approximate surface area is 108 Å². The van der Waals surface area contributed by atoms with Gasteiger partial charge < -0.3 is 10.1 Å². The van der Waals surface area contributed by atoms with Crippen LogP contribution in [0.4, 0.5) is 5.69 Å². The number of fused-ring (bicyclic) bond motifs is 1. The third-order valence-corrected chi connectivity index (χ3v) is 3.73. The molecule has 0 radical (unpaired) electrons. The molecule has 1 N–H and O–H groups in total. The summed E-state index contributed by atoms with van der Waals surface area (Å²) in [7, 11) is 0. The van der Waals surface area contributed by atoms with Crippen molar-refractivity contribution in [3.63, 3.8) is 0 Å². The van der Waals surface area contributed by atoms with Crippen molar-refractivity contribution in [3.8, 4) is 5.75 Å². The van der Waals surface area contributed by atoms with Gasteiger partial charge in [-0.15, -0.1) is 0 Å². The largest absolute Gasteiger partial charge is 0.486 e. The van der Waals surface area contributed by atoms with E-state index in [4.69, 9.17) is 4.74 Å². The molecule has 1 aromatic rings. The molecule has 96 valence electrons. The number of anilines is 1. The van der Waals surface area contributed by atoms with Crippen molar-refractivity contribution in [3.05, 3.63) is 23.8 Å². The molecule has 1 aromatic carbocycles. The first-order chi connectivity index (χ1) is 8.76. The summed E-state index contributed by atoms with van der Waals surface area (Å²) in [5.74, 6) is 1.58. The minimum Gasteiger partial charge on any atom is -0.486 e. The Hall–Kier alpha value is -1.51. The Morgan fingerprint density at radius 3 is 3.00 bits per heavy atom. The third kappa shape index (κ3) is 2.35. The van der Waals surface area contributed by atoms with Crippen LogP contribution < -0.4 is 10.1 Å². The number of hydrogen-bond donors (Lipinski definition) is 1. The van der Waals surface area contributed by atoms with Crippen molar-refractivity contribution < 1.29 is 9.53 Å². The number of Topliss-reactive ketones (excluding diaryl/α,β-unsaturated/α-hetero) is 1. The highest BCUT2D eigenvalue weighted by molar-refractivity contribution is 5.83. The van der Waals surface area contributed by atoms with Crippen LogP contribution in [0.5, 0.6) is 5.75 Å². The van der Waals surface area contributed by atoms with Gasteiger partial charge in [-0.1, -0.05) is 13.0 Å². The van der Waals surface area contributed by atoms with Crippen LogP contribution in [0.15, 0.2) is 18.2 Å². The molecule has 1 aliphatic carbocycles. The first-order valence-electron chi connectivity index (χ1n) is 6.82. The Bertz CT molecular complexity index is 466. The second-order valence-electron chi connectivity index (χ2n) is 5.25. The van der Waals surface area contributed by atoms with E-state index >= 15 is 0 Å². The predicted molar refractivity (Wildman–Crippen MR) is 71.1 cm³/mol. The van der Waals surface area contributed by atoms with Crippen LogP contribution in [-0.2, 0) is 11.2 Å². The lowest BCUT2D eigenvalue weighted by molar-refractivity contribution is -0.121. The number of hydrogen-bond acceptors (Lipinski definition) is 3. The van der Waals surface area contributed by atoms with E-state index in [0.29, 0.717) is 18.1 Å². The fraction of sp³-hybridized carbons (Fsp3) is 0.533. The van der Waals surface area contributed by atoms with Crippen molar-refractivity contribution >= 4 is 11.5 Å². The summed E-state index contributed by atoms with van der Waals surface area (Å²) in [6, 6.07) is 6.23. The molecule has 1 unspecified atom stereocenters. The number of nitrogens with one attached hydrogen (secondary N) is 1. The van der Waals surface area contributed by atoms with Crippen LogP contribution >= 0.6 is 0 Å². The highest BCUT2D eigenvalue weighted by atomic mass is 16.5. The molecule has 0 spiro atoms. The van der Waals surface area contributed by atoms with E-state index in [1.807, 2.05) is 6.07 Å². The van der Waals surface area contributed by atoms with Gasteiger partial charge in [-0.3, -0.25) is 4.79 Å². The molecule has 0 amide bonds. The number of rotatable bonds is 4. The molecule has 0 bridgehead atoms. The van der Waals surface area contributed by atoms with E-state index < -0.39 is 0 Å². The lowest BCUT2D eigenvalue weighted by atomic mass is 10.1. The molecule has 0 aromatic heterocycles. The summed E-state index contributed by atoms with van der Waals surface area (Å²) in [6.07, 6.45) is 3.73. The lowest BCUT2D eigenvalue weighted by Gasteiger charge is -2.27. The van der Waals surface area contributed by atoms with E-state index in [1.165, 1.54) is 5.56 Å². The summed E-state index contributed by atoms with van der Waals surface area (Å²) in [6.45, 7) is 2.88. The second-order valence-corrected chi connectivity index (χ2v) is 5.25. The van der Waals surface area contributed by atoms with Crippen molar-refractivity contribution in [2.75, 3.05) is 11.9 Å². The minimum absolute atomic E-state index is 0.00178. The maximum absolute atomic E-state index is 11.8. The van der Waals surface area contributed by atoms with Crippen molar-refractivity contribution in [1.29, 1.82) is 0 Å². The van der Waals surface area contributed by atoms with Gasteiger partial charge in [0.1, 0.15) is 17.6 Å². The zero-order valence-electron chi connectivity index (χ0n) is 10.7. The number of carbonyl (C=O) groups is 1. The van der Waals surface area contributed by atoms with Gasteiger partial charge in [0.15, 0.2) is 0 Å². The molecule has 18 heavy (non-hydrogen) atoms. The van der Waals surface area contributed by atoms with Crippen molar-refractivity contribution in [2.45, 2.75) is 38.7 Å². The molecular weight excluding hydrogens is 226 g/mol. The lowest BCUT2D eigenvalue weighted by Crippen LogP contribution is -2.33. The topological polar surface area (TPSA) is 38.3 Å². The maximum Gasteiger partial charge on any atom is 0.142 e. The molecule has 3 nitrogen and oxygen atoms in total. The standard InChI is InChI=1S/C15H19NO2/c1-2-10-3-6-15-13(7-10)16-9-12(18-15)8-14(17)11-4-5-11/h3,6-7,11-12,16H,2,4-5,8-9H2,1H3. The maximum atomic E-state index is 11.8. The Morgan fingerprint density at radius 2 is 2.28 bits per heavy atom. The zero-order chi connectivity index (χ0) is 12.5. The Morgan fingerprint density at radius 1 is 1.44 bits per heavy atom. The number of ether oxygens (including phenoxy) is 1. The average Bonchev–Trinajstić information content (AvgIpc) is 3.22. The second kappa shape index (κ2) is 4.63. The normalized spacial score (nSPS) is 21.7. The van der Waals surface area contributed by atoms with Gasteiger partial charge in [0.05, 0.1) is 12.2 Å². The van der Waals surface area contributed by atoms with Gasteiger partial charge >= 0.3 is 0 Å². The van der Waals surface area contributed by atoms with Gasteiger partial charge in [-0.2, -0.15) is 0 Å². The first-order valence-corrected chi connectivity index (χ1v) is 6.82. The molecule has 3 heteroatoms. The number of ketones is 1. The quantitative estimate of drug-likeness (QED) is 0.886. The fourth-order valence-corrected chi connectivity index (χ4v) is 2.39. The Kier molecular flexibility index (Phi) is 2.98. The summed E-state index contributed by atoms with van der Waals surface area (Å²) in [5.41, 5.74) is 2.36. The molecule has 1 heterocycles. The predicted octanol–water partition coefficient (Wildman–Crippen LogP) is 2.79. The van der Waals surface area contributed by atoms with E-state index in [0.717, 1.165) is 37.2 Å². The highest BCUT2D eigenvalue weighted by Gasteiger charge is 2.32.